The van der Waals surface area contributed by atoms with Gasteiger partial charge in [-0.15, -0.1) is 0 Å². The van der Waals surface area contributed by atoms with Crippen LogP contribution in [0.25, 0.3) is 0 Å². The third kappa shape index (κ3) is 2.95. The van der Waals surface area contributed by atoms with Crippen LogP contribution in [0.2, 0.25) is 0 Å². The molecule has 1 aromatic carbocycles. The molecule has 0 aliphatic carbocycles. The molecule has 1 unspecified atom stereocenters. The van der Waals surface area contributed by atoms with E-state index in [0.29, 0.717) is 10.3 Å². The highest BCUT2D eigenvalue weighted by atomic mass is 19.3. The highest BCUT2D eigenvalue weighted by Crippen LogP contribution is 2.42. The number of halogens is 2. The minimum atomic E-state index is -3.69. The molecule has 0 amide bonds. The summed E-state index contributed by atoms with van der Waals surface area (Å²) in [5, 5.41) is 9.85. The zero-order valence-corrected chi connectivity index (χ0v) is 12.3. The summed E-state index contributed by atoms with van der Waals surface area (Å²) in [4.78, 5) is 15.1. The second kappa shape index (κ2) is 6.17. The highest BCUT2D eigenvalue weighted by molar-refractivity contribution is 5.24. The Labute approximate surface area is 135 Å². The van der Waals surface area contributed by atoms with E-state index in [1.54, 1.807) is 24.3 Å². The Bertz CT molecular complexity index is 769. The van der Waals surface area contributed by atoms with Gasteiger partial charge in [0.25, 0.3) is 0 Å². The lowest BCUT2D eigenvalue weighted by Gasteiger charge is -2.20. The van der Waals surface area contributed by atoms with Crippen LogP contribution in [0.5, 0.6) is 5.75 Å². The fourth-order valence-corrected chi connectivity index (χ4v) is 2.36. The second-order valence-corrected chi connectivity index (χ2v) is 5.24. The molecule has 3 atom stereocenters. The van der Waals surface area contributed by atoms with E-state index < -0.39 is 30.0 Å². The van der Waals surface area contributed by atoms with E-state index in [9.17, 15) is 18.7 Å². The van der Waals surface area contributed by atoms with Gasteiger partial charge in [-0.2, -0.15) is 13.8 Å². The first kappa shape index (κ1) is 16.3. The summed E-state index contributed by atoms with van der Waals surface area (Å²) in [5.41, 5.74) is 4.34. The Morgan fingerprint density at radius 1 is 1.42 bits per heavy atom. The fourth-order valence-electron chi connectivity index (χ4n) is 2.36. The molecule has 1 saturated heterocycles. The summed E-state index contributed by atoms with van der Waals surface area (Å²) in [7, 11) is 0. The predicted molar refractivity (Wildman–Crippen MR) is 78.5 cm³/mol. The smallest absolute Gasteiger partial charge is 0.351 e. The lowest BCUT2D eigenvalue weighted by molar-refractivity contribution is -0.140. The molecule has 0 saturated carbocycles. The highest BCUT2D eigenvalue weighted by Gasteiger charge is 2.59. The fraction of sp³-hybridized carbons (Fsp3) is 0.333. The summed E-state index contributed by atoms with van der Waals surface area (Å²) in [6.07, 6.45) is -4.40. The summed E-state index contributed by atoms with van der Waals surface area (Å²) < 4.78 is 39.7. The van der Waals surface area contributed by atoms with Crippen LogP contribution >= 0.6 is 0 Å². The van der Waals surface area contributed by atoms with Crippen LogP contribution in [0.1, 0.15) is 6.23 Å². The molecule has 24 heavy (non-hydrogen) atoms. The number of hydrogen-bond donors (Lipinski definition) is 2. The minimum Gasteiger partial charge on any atom is -0.491 e. The first-order chi connectivity index (χ1) is 11.4. The minimum absolute atomic E-state index is 0.0983. The number of aromatic nitrogens is 2. The molecule has 1 aliphatic rings. The number of rotatable bonds is 4. The van der Waals surface area contributed by atoms with Gasteiger partial charge in [0, 0.05) is 6.20 Å². The second-order valence-electron chi connectivity index (χ2n) is 5.24. The first-order valence-electron chi connectivity index (χ1n) is 7.04. The van der Waals surface area contributed by atoms with Crippen LogP contribution in [0.3, 0.4) is 0 Å². The number of aliphatic hydroxyl groups is 1. The normalized spacial score (nSPS) is 25.5. The maximum Gasteiger partial charge on any atom is 0.351 e. The number of nitrogen functional groups attached to an aromatic ring is 1. The molecule has 0 spiro atoms. The van der Waals surface area contributed by atoms with Crippen LogP contribution in [0.4, 0.5) is 14.6 Å². The van der Waals surface area contributed by atoms with Gasteiger partial charge < -0.3 is 20.3 Å². The molecule has 127 valence electrons. The van der Waals surface area contributed by atoms with Gasteiger partial charge in [0.2, 0.25) is 6.23 Å². The summed E-state index contributed by atoms with van der Waals surface area (Å²) in [6.45, 7) is -0.311. The Hall–Kier alpha value is -2.52. The van der Waals surface area contributed by atoms with Gasteiger partial charge in [-0.25, -0.2) is 4.79 Å². The predicted octanol–water partition coefficient (Wildman–Crippen LogP) is 0.598. The van der Waals surface area contributed by atoms with E-state index >= 15 is 0 Å². The number of alkyl halides is 2. The van der Waals surface area contributed by atoms with Crippen molar-refractivity contribution in [3.8, 4) is 5.75 Å². The monoisotopic (exact) mass is 338 g/mol. The molecular formula is C15H14F2N3O4. The molecule has 3 N–H and O–H groups in total. The van der Waals surface area contributed by atoms with Gasteiger partial charge in [-0.1, -0.05) is 12.1 Å². The third-order valence-electron chi connectivity index (χ3n) is 3.59. The van der Waals surface area contributed by atoms with E-state index in [1.807, 2.05) is 0 Å². The van der Waals surface area contributed by atoms with E-state index in [4.69, 9.17) is 15.2 Å². The Morgan fingerprint density at radius 3 is 2.79 bits per heavy atom. The molecule has 3 rings (SSSR count). The Morgan fingerprint density at radius 2 is 2.12 bits per heavy atom. The molecule has 7 nitrogen and oxygen atoms in total. The quantitative estimate of drug-likeness (QED) is 0.847. The van der Waals surface area contributed by atoms with Crippen molar-refractivity contribution in [3.63, 3.8) is 0 Å². The zero-order chi connectivity index (χ0) is 17.3. The van der Waals surface area contributed by atoms with Gasteiger partial charge >= 0.3 is 11.6 Å². The average Bonchev–Trinajstić information content (AvgIpc) is 2.77. The van der Waals surface area contributed by atoms with Crippen molar-refractivity contribution in [1.82, 2.24) is 9.55 Å². The van der Waals surface area contributed by atoms with Gasteiger partial charge in [0.15, 0.2) is 6.10 Å². The van der Waals surface area contributed by atoms with E-state index in [0.717, 1.165) is 6.20 Å². The van der Waals surface area contributed by atoms with Gasteiger partial charge in [-0.05, 0) is 24.3 Å². The molecule has 2 heterocycles. The lowest BCUT2D eigenvalue weighted by atomic mass is 10.1. The summed E-state index contributed by atoms with van der Waals surface area (Å²) >= 11 is 0. The number of hydrogen-bond acceptors (Lipinski definition) is 6. The van der Waals surface area contributed by atoms with Crippen molar-refractivity contribution < 1.29 is 23.4 Å². The van der Waals surface area contributed by atoms with Crippen LogP contribution < -0.4 is 16.2 Å². The summed E-state index contributed by atoms with van der Waals surface area (Å²) in [6, 6.07) is 10.3. The van der Waals surface area contributed by atoms with Crippen molar-refractivity contribution in [1.29, 1.82) is 0 Å². The summed E-state index contributed by atoms with van der Waals surface area (Å²) in [5.74, 6) is -3.37. The van der Waals surface area contributed by atoms with Crippen molar-refractivity contribution in [3.05, 3.63) is 53.1 Å². The molecule has 1 fully saturated rings. The number of ether oxygens (including phenoxy) is 2. The van der Waals surface area contributed by atoms with Gasteiger partial charge in [-0.3, -0.25) is 4.57 Å². The maximum atomic E-state index is 14.3. The van der Waals surface area contributed by atoms with E-state index in [2.05, 4.69) is 11.1 Å². The zero-order valence-electron chi connectivity index (χ0n) is 12.3. The van der Waals surface area contributed by atoms with Crippen molar-refractivity contribution in [2.24, 2.45) is 0 Å². The molecule has 1 aromatic heterocycles. The number of anilines is 1. The van der Waals surface area contributed by atoms with Crippen molar-refractivity contribution in [2.75, 3.05) is 12.3 Å². The molecule has 1 aliphatic heterocycles. The van der Waals surface area contributed by atoms with Gasteiger partial charge in [0.05, 0.1) is 0 Å². The van der Waals surface area contributed by atoms with Crippen LogP contribution in [-0.4, -0.2) is 39.4 Å². The molecule has 9 heteroatoms. The Kier molecular flexibility index (Phi) is 4.20. The van der Waals surface area contributed by atoms with E-state index in [1.165, 1.54) is 6.07 Å². The number of benzene rings is 1. The molecule has 1 radical (unpaired) electrons. The third-order valence-corrected chi connectivity index (χ3v) is 3.59. The van der Waals surface area contributed by atoms with Crippen molar-refractivity contribution in [2.45, 2.75) is 24.4 Å². The average molecular weight is 338 g/mol. The topological polar surface area (TPSA) is 99.6 Å². The number of aliphatic hydroxyl groups excluding tert-OH is 1. The largest absolute Gasteiger partial charge is 0.491 e. The number of nitrogens with zero attached hydrogens (tertiary/aromatic N) is 2. The van der Waals surface area contributed by atoms with Crippen LogP contribution in [0, 0.1) is 6.07 Å². The first-order valence-corrected chi connectivity index (χ1v) is 7.04. The van der Waals surface area contributed by atoms with E-state index in [-0.39, 0.29) is 12.4 Å². The van der Waals surface area contributed by atoms with Crippen molar-refractivity contribution >= 4 is 5.82 Å². The Balaban J connectivity index is 1.79. The molecule has 0 bridgehead atoms. The van der Waals surface area contributed by atoms with Gasteiger partial charge in [0.1, 0.15) is 24.3 Å². The maximum absolute atomic E-state index is 14.3. The van der Waals surface area contributed by atoms with Crippen LogP contribution in [0.15, 0.2) is 41.3 Å². The lowest BCUT2D eigenvalue weighted by Crippen LogP contribution is -2.42. The molecule has 2 aromatic rings. The van der Waals surface area contributed by atoms with Crippen LogP contribution in [-0.2, 0) is 4.74 Å². The standard InChI is InChI=1S/C15H14F2N3O4/c16-15(17)12(21)10(8-23-9-4-2-1-3-5-9)24-13(15)20-7-6-11(18)19-14(20)22/h2-7,10,12-13,21H,8H2,(H2,18,19,22)/t10-,12?,13-/m0/s1. The SMILES string of the molecule is Nc1ccn([C@H]2O[C@@H](COc3cc[c]cc3)C(O)C2(F)F)c(=O)n1. The number of nitrogens with two attached hydrogens (primary N) is 1. The molecular weight excluding hydrogens is 324 g/mol.